The topological polar surface area (TPSA) is 70.1 Å². The number of piperidine rings is 1. The van der Waals surface area contributed by atoms with Crippen molar-refractivity contribution in [1.82, 2.24) is 9.80 Å². The number of carboxylic acids is 1. The third kappa shape index (κ3) is 3.43. The molecule has 6 nitrogen and oxygen atoms in total. The fourth-order valence-corrected chi connectivity index (χ4v) is 2.42. The zero-order valence-electron chi connectivity index (χ0n) is 10.5. The molecule has 6 heteroatoms. The summed E-state index contributed by atoms with van der Waals surface area (Å²) in [6.45, 7) is 5.06. The lowest BCUT2D eigenvalue weighted by Crippen LogP contribution is -2.47. The predicted molar refractivity (Wildman–Crippen MR) is 64.2 cm³/mol. The van der Waals surface area contributed by atoms with Crippen molar-refractivity contribution in [3.05, 3.63) is 0 Å². The Morgan fingerprint density at radius 1 is 1.33 bits per heavy atom. The molecule has 2 aliphatic heterocycles. The number of carbonyl (C=O) groups excluding carboxylic acids is 1. The first kappa shape index (κ1) is 13.3. The monoisotopic (exact) mass is 256 g/mol. The van der Waals surface area contributed by atoms with Crippen molar-refractivity contribution in [2.24, 2.45) is 5.92 Å². The number of hydrogen-bond acceptors (Lipinski definition) is 4. The van der Waals surface area contributed by atoms with Gasteiger partial charge in [-0.2, -0.15) is 0 Å². The van der Waals surface area contributed by atoms with E-state index in [4.69, 9.17) is 9.84 Å². The maximum Gasteiger partial charge on any atom is 0.308 e. The number of nitrogens with zero attached hydrogens (tertiary/aromatic N) is 2. The van der Waals surface area contributed by atoms with Gasteiger partial charge in [-0.15, -0.1) is 0 Å². The van der Waals surface area contributed by atoms with Gasteiger partial charge in [-0.25, -0.2) is 0 Å². The zero-order chi connectivity index (χ0) is 13.0. The number of morpholine rings is 1. The highest BCUT2D eigenvalue weighted by Crippen LogP contribution is 2.17. The highest BCUT2D eigenvalue weighted by Gasteiger charge is 2.30. The lowest BCUT2D eigenvalue weighted by Gasteiger charge is -2.33. The molecule has 2 fully saturated rings. The van der Waals surface area contributed by atoms with Crippen molar-refractivity contribution in [2.45, 2.75) is 12.8 Å². The Bertz CT molecular complexity index is 315. The van der Waals surface area contributed by atoms with Gasteiger partial charge in [0.1, 0.15) is 0 Å². The van der Waals surface area contributed by atoms with Gasteiger partial charge in [-0.3, -0.25) is 14.5 Å². The van der Waals surface area contributed by atoms with E-state index in [1.807, 2.05) is 0 Å². The third-order valence-corrected chi connectivity index (χ3v) is 3.64. The van der Waals surface area contributed by atoms with Gasteiger partial charge >= 0.3 is 5.97 Å². The van der Waals surface area contributed by atoms with E-state index < -0.39 is 11.9 Å². The first-order valence-corrected chi connectivity index (χ1v) is 6.47. The van der Waals surface area contributed by atoms with Crippen molar-refractivity contribution in [3.8, 4) is 0 Å². The summed E-state index contributed by atoms with van der Waals surface area (Å²) < 4.78 is 5.26. The number of aliphatic carboxylic acids is 1. The molecule has 0 aromatic carbocycles. The van der Waals surface area contributed by atoms with Crippen molar-refractivity contribution in [1.29, 1.82) is 0 Å². The summed E-state index contributed by atoms with van der Waals surface area (Å²) in [6, 6.07) is 0. The van der Waals surface area contributed by atoms with Crippen molar-refractivity contribution in [3.63, 3.8) is 0 Å². The van der Waals surface area contributed by atoms with Crippen LogP contribution in [0.25, 0.3) is 0 Å². The highest BCUT2D eigenvalue weighted by atomic mass is 16.5. The smallest absolute Gasteiger partial charge is 0.308 e. The van der Waals surface area contributed by atoms with Crippen LogP contribution in [0.1, 0.15) is 12.8 Å². The van der Waals surface area contributed by atoms with E-state index in [-0.39, 0.29) is 5.91 Å². The molecule has 1 atom stereocenters. The van der Waals surface area contributed by atoms with Crippen molar-refractivity contribution in [2.75, 3.05) is 45.9 Å². The first-order chi connectivity index (χ1) is 8.66. The van der Waals surface area contributed by atoms with E-state index >= 15 is 0 Å². The molecule has 0 saturated carbocycles. The highest BCUT2D eigenvalue weighted by molar-refractivity contribution is 5.80. The molecule has 0 aromatic heterocycles. The maximum atomic E-state index is 11.7. The van der Waals surface area contributed by atoms with Crippen LogP contribution in [-0.4, -0.2) is 72.7 Å². The number of hydrogen-bond donors (Lipinski definition) is 1. The lowest BCUT2D eigenvalue weighted by molar-refractivity contribution is -0.147. The Kier molecular flexibility index (Phi) is 4.54. The van der Waals surface area contributed by atoms with Gasteiger partial charge in [0.25, 0.3) is 0 Å². The molecular weight excluding hydrogens is 236 g/mol. The second-order valence-electron chi connectivity index (χ2n) is 4.87. The molecule has 0 unspecified atom stereocenters. The van der Waals surface area contributed by atoms with Gasteiger partial charge in [-0.1, -0.05) is 0 Å². The van der Waals surface area contributed by atoms with E-state index in [1.165, 1.54) is 0 Å². The fourth-order valence-electron chi connectivity index (χ4n) is 2.42. The molecule has 2 rings (SSSR count). The van der Waals surface area contributed by atoms with Crippen LogP contribution in [0.3, 0.4) is 0 Å². The summed E-state index contributed by atoms with van der Waals surface area (Å²) in [4.78, 5) is 26.6. The zero-order valence-corrected chi connectivity index (χ0v) is 10.5. The van der Waals surface area contributed by atoms with Gasteiger partial charge in [0, 0.05) is 39.1 Å². The van der Waals surface area contributed by atoms with Gasteiger partial charge in [-0.05, 0) is 6.42 Å². The van der Waals surface area contributed by atoms with Gasteiger partial charge < -0.3 is 14.7 Å². The standard InChI is InChI=1S/C12H20N2O4/c15-11-2-1-10(12(16)17)9-14(11)4-3-13-5-7-18-8-6-13/h10H,1-9H2,(H,16,17)/t10-/m0/s1. The van der Waals surface area contributed by atoms with Crippen molar-refractivity contribution >= 4 is 11.9 Å². The number of rotatable bonds is 4. The van der Waals surface area contributed by atoms with E-state index in [0.29, 0.717) is 25.9 Å². The molecule has 1 amide bonds. The minimum absolute atomic E-state index is 0.0840. The summed E-state index contributed by atoms with van der Waals surface area (Å²) in [5.41, 5.74) is 0. The summed E-state index contributed by atoms with van der Waals surface area (Å²) >= 11 is 0. The minimum Gasteiger partial charge on any atom is -0.481 e. The molecule has 2 heterocycles. The third-order valence-electron chi connectivity index (χ3n) is 3.64. The Morgan fingerprint density at radius 3 is 2.72 bits per heavy atom. The largest absolute Gasteiger partial charge is 0.481 e. The Morgan fingerprint density at radius 2 is 2.06 bits per heavy atom. The predicted octanol–water partition coefficient (Wildman–Crippen LogP) is -0.358. The number of carbonyl (C=O) groups is 2. The summed E-state index contributed by atoms with van der Waals surface area (Å²) in [5.74, 6) is -1.10. The van der Waals surface area contributed by atoms with Crippen LogP contribution in [0, 0.1) is 5.92 Å². The average molecular weight is 256 g/mol. The normalized spacial score (nSPS) is 26.3. The van der Waals surface area contributed by atoms with Gasteiger partial charge in [0.15, 0.2) is 0 Å². The summed E-state index contributed by atoms with van der Waals surface area (Å²) in [7, 11) is 0. The van der Waals surface area contributed by atoms with E-state index in [1.54, 1.807) is 4.90 Å². The number of carboxylic acid groups (broad SMARTS) is 1. The molecule has 0 radical (unpaired) electrons. The van der Waals surface area contributed by atoms with E-state index in [9.17, 15) is 9.59 Å². The molecule has 0 bridgehead atoms. The first-order valence-electron chi connectivity index (χ1n) is 6.47. The fraction of sp³-hybridized carbons (Fsp3) is 0.833. The van der Waals surface area contributed by atoms with Crippen LogP contribution in [0.2, 0.25) is 0 Å². The Hall–Kier alpha value is -1.14. The minimum atomic E-state index is -0.793. The quantitative estimate of drug-likeness (QED) is 0.744. The van der Waals surface area contributed by atoms with Gasteiger partial charge in [0.05, 0.1) is 19.1 Å². The van der Waals surface area contributed by atoms with Crippen LogP contribution in [-0.2, 0) is 14.3 Å². The van der Waals surface area contributed by atoms with Crippen LogP contribution in [0.4, 0.5) is 0 Å². The molecule has 1 N–H and O–H groups in total. The number of likely N-dealkylation sites (tertiary alicyclic amines) is 1. The van der Waals surface area contributed by atoms with E-state index in [0.717, 1.165) is 32.8 Å². The molecule has 102 valence electrons. The summed E-state index contributed by atoms with van der Waals surface area (Å²) in [5, 5.41) is 8.99. The number of ether oxygens (including phenoxy) is 1. The molecule has 18 heavy (non-hydrogen) atoms. The maximum absolute atomic E-state index is 11.7. The molecule has 2 saturated heterocycles. The molecular formula is C12H20N2O4. The molecule has 0 spiro atoms. The molecule has 2 aliphatic rings. The Balaban J connectivity index is 1.79. The van der Waals surface area contributed by atoms with Crippen LogP contribution in [0.5, 0.6) is 0 Å². The Labute approximate surface area is 106 Å². The van der Waals surface area contributed by atoms with Crippen molar-refractivity contribution < 1.29 is 19.4 Å². The van der Waals surface area contributed by atoms with Crippen LogP contribution >= 0.6 is 0 Å². The second-order valence-corrected chi connectivity index (χ2v) is 4.87. The van der Waals surface area contributed by atoms with E-state index in [2.05, 4.69) is 4.90 Å². The van der Waals surface area contributed by atoms with Crippen LogP contribution < -0.4 is 0 Å². The molecule has 0 aromatic rings. The lowest BCUT2D eigenvalue weighted by atomic mass is 9.98. The molecule has 0 aliphatic carbocycles. The van der Waals surface area contributed by atoms with Crippen LogP contribution in [0.15, 0.2) is 0 Å². The van der Waals surface area contributed by atoms with Gasteiger partial charge in [0.2, 0.25) is 5.91 Å². The second kappa shape index (κ2) is 6.15. The SMILES string of the molecule is O=C(O)[C@H]1CCC(=O)N(CCN2CCOCC2)C1. The average Bonchev–Trinajstić information content (AvgIpc) is 2.38. The summed E-state index contributed by atoms with van der Waals surface area (Å²) in [6.07, 6.45) is 0.836. The number of amides is 1.